The second kappa shape index (κ2) is 13.0. The van der Waals surface area contributed by atoms with Gasteiger partial charge in [-0.25, -0.2) is 0 Å². The highest BCUT2D eigenvalue weighted by Gasteiger charge is 2.37. The topological polar surface area (TPSA) is 72.8 Å². The molecule has 3 unspecified atom stereocenters. The van der Waals surface area contributed by atoms with Crippen LogP contribution < -0.4 is 9.47 Å². The second-order valence-electron chi connectivity index (χ2n) is 12.3. The van der Waals surface area contributed by atoms with E-state index in [-0.39, 0.29) is 18.6 Å². The fourth-order valence-corrected chi connectivity index (χ4v) is 6.21. The average molecular weight is 537 g/mol. The Labute approximate surface area is 227 Å². The van der Waals surface area contributed by atoms with Crippen molar-refractivity contribution in [2.75, 3.05) is 6.61 Å². The Balaban J connectivity index is 2.12. The fourth-order valence-electron chi connectivity index (χ4n) is 5.41. The maximum absolute atomic E-state index is 12.0. The monoisotopic (exact) mass is 536 g/mol. The summed E-state index contributed by atoms with van der Waals surface area (Å²) in [6.07, 6.45) is 12.6. The molecule has 0 aliphatic carbocycles. The minimum atomic E-state index is -4.16. The summed E-state index contributed by atoms with van der Waals surface area (Å²) in [6.45, 7) is 19.0. The van der Waals surface area contributed by atoms with Crippen molar-refractivity contribution in [3.05, 3.63) is 34.4 Å². The predicted octanol–water partition coefficient (Wildman–Crippen LogP) is 8.32. The smallest absolute Gasteiger partial charge is 0.270 e. The van der Waals surface area contributed by atoms with Gasteiger partial charge in [-0.15, -0.1) is 0 Å². The number of fused-ring (bicyclic) bond motifs is 1. The summed E-state index contributed by atoms with van der Waals surface area (Å²) in [5.41, 5.74) is 4.01. The normalized spacial score (nSPS) is 20.5. The lowest BCUT2D eigenvalue weighted by Gasteiger charge is -2.36. The maximum atomic E-state index is 12.0. The Morgan fingerprint density at radius 2 is 1.78 bits per heavy atom. The van der Waals surface area contributed by atoms with Crippen LogP contribution in [0.3, 0.4) is 0 Å². The molecule has 1 N–H and O–H groups in total. The van der Waals surface area contributed by atoms with Crippen LogP contribution in [0.15, 0.2) is 12.2 Å². The zero-order chi connectivity index (χ0) is 28.0. The molecule has 0 saturated heterocycles. The van der Waals surface area contributed by atoms with Crippen molar-refractivity contribution < 1.29 is 22.4 Å². The lowest BCUT2D eigenvalue weighted by molar-refractivity contribution is 0.112. The van der Waals surface area contributed by atoms with Crippen LogP contribution in [0, 0.1) is 32.6 Å². The summed E-state index contributed by atoms with van der Waals surface area (Å²) in [6, 6.07) is 0. The van der Waals surface area contributed by atoms with Crippen LogP contribution >= 0.6 is 0 Å². The molecule has 1 aromatic rings. The van der Waals surface area contributed by atoms with Gasteiger partial charge in [0.15, 0.2) is 0 Å². The second-order valence-corrected chi connectivity index (χ2v) is 14.2. The number of hydrogen-bond donors (Lipinski definition) is 1. The first-order chi connectivity index (χ1) is 17.1. The van der Waals surface area contributed by atoms with Crippen LogP contribution in [-0.2, 0) is 16.5 Å². The van der Waals surface area contributed by atoms with Crippen LogP contribution in [-0.4, -0.2) is 29.9 Å². The molecule has 1 aliphatic heterocycles. The van der Waals surface area contributed by atoms with Crippen molar-refractivity contribution in [1.82, 2.24) is 0 Å². The van der Waals surface area contributed by atoms with E-state index >= 15 is 0 Å². The molecule has 0 fully saturated rings. The third-order valence-corrected chi connectivity index (χ3v) is 9.94. The zero-order valence-electron chi connectivity index (χ0n) is 24.9. The quantitative estimate of drug-likeness (QED) is 0.191. The molecule has 6 heteroatoms. The van der Waals surface area contributed by atoms with Gasteiger partial charge >= 0.3 is 0 Å². The van der Waals surface area contributed by atoms with Gasteiger partial charge in [-0.05, 0) is 94.9 Å². The van der Waals surface area contributed by atoms with Crippen molar-refractivity contribution in [3.8, 4) is 11.5 Å². The molecule has 1 heterocycles. The standard InChI is InChI=1S/C31H52O5S/c1-10-17-31(9,37(32,33)34)20-21-35-28-24(5)25(6)29-27(26(28)7)16-19-30(8,36-29)18-12-15-23(4)14-11-13-22(2)3/h12,18,22-23H,10-11,13-17,19-21H2,1-9H3,(H,32,33,34)/b18-12+. The molecule has 0 spiro atoms. The molecule has 212 valence electrons. The Kier molecular flexibility index (Phi) is 11.1. The lowest BCUT2D eigenvalue weighted by atomic mass is 9.86. The van der Waals surface area contributed by atoms with Crippen LogP contribution in [0.1, 0.15) is 115 Å². The van der Waals surface area contributed by atoms with Crippen molar-refractivity contribution in [2.45, 2.75) is 130 Å². The van der Waals surface area contributed by atoms with Crippen molar-refractivity contribution >= 4 is 10.1 Å². The molecular weight excluding hydrogens is 484 g/mol. The number of benzene rings is 1. The van der Waals surface area contributed by atoms with Gasteiger partial charge in [0.25, 0.3) is 10.1 Å². The third-order valence-electron chi connectivity index (χ3n) is 8.28. The number of ether oxygens (including phenoxy) is 2. The molecule has 1 aromatic carbocycles. The van der Waals surface area contributed by atoms with Crippen LogP contribution in [0.2, 0.25) is 0 Å². The van der Waals surface area contributed by atoms with Gasteiger partial charge < -0.3 is 9.47 Å². The van der Waals surface area contributed by atoms with Crippen molar-refractivity contribution in [1.29, 1.82) is 0 Å². The fraction of sp³-hybridized carbons (Fsp3) is 0.742. The number of rotatable bonds is 14. The Morgan fingerprint density at radius 1 is 1.11 bits per heavy atom. The van der Waals surface area contributed by atoms with Crippen LogP contribution in [0.25, 0.3) is 0 Å². The van der Waals surface area contributed by atoms with E-state index in [0.717, 1.165) is 53.4 Å². The highest BCUT2D eigenvalue weighted by molar-refractivity contribution is 7.87. The molecule has 5 nitrogen and oxygen atoms in total. The summed E-state index contributed by atoms with van der Waals surface area (Å²) in [5, 5.41) is 0. The van der Waals surface area contributed by atoms with Gasteiger partial charge in [-0.1, -0.05) is 59.5 Å². The van der Waals surface area contributed by atoms with E-state index in [9.17, 15) is 13.0 Å². The molecule has 37 heavy (non-hydrogen) atoms. The van der Waals surface area contributed by atoms with E-state index in [2.05, 4.69) is 53.7 Å². The Bertz CT molecular complexity index is 1040. The minimum Gasteiger partial charge on any atom is -0.493 e. The van der Waals surface area contributed by atoms with Gasteiger partial charge in [-0.3, -0.25) is 4.55 Å². The zero-order valence-corrected chi connectivity index (χ0v) is 25.7. The van der Waals surface area contributed by atoms with Gasteiger partial charge in [-0.2, -0.15) is 8.42 Å². The molecule has 0 radical (unpaired) electrons. The first-order valence-electron chi connectivity index (χ1n) is 14.2. The summed E-state index contributed by atoms with van der Waals surface area (Å²) < 4.78 is 45.4. The van der Waals surface area contributed by atoms with E-state index in [1.54, 1.807) is 6.92 Å². The highest BCUT2D eigenvalue weighted by atomic mass is 32.2. The lowest BCUT2D eigenvalue weighted by Crippen LogP contribution is -2.36. The summed E-state index contributed by atoms with van der Waals surface area (Å²) in [4.78, 5) is 0. The van der Waals surface area contributed by atoms with Gasteiger partial charge in [0.1, 0.15) is 17.1 Å². The molecule has 0 bridgehead atoms. The van der Waals surface area contributed by atoms with E-state index in [1.807, 2.05) is 13.8 Å². The summed E-state index contributed by atoms with van der Waals surface area (Å²) >= 11 is 0. The van der Waals surface area contributed by atoms with E-state index in [4.69, 9.17) is 9.47 Å². The molecule has 0 saturated carbocycles. The minimum absolute atomic E-state index is 0.229. The van der Waals surface area contributed by atoms with E-state index in [0.29, 0.717) is 18.8 Å². The molecular formula is C31H52O5S. The largest absolute Gasteiger partial charge is 0.493 e. The van der Waals surface area contributed by atoms with E-state index < -0.39 is 14.9 Å². The molecule has 0 amide bonds. The van der Waals surface area contributed by atoms with Gasteiger partial charge in [0.2, 0.25) is 0 Å². The Hall–Kier alpha value is -1.53. The van der Waals surface area contributed by atoms with Crippen molar-refractivity contribution in [2.24, 2.45) is 11.8 Å². The molecule has 1 aliphatic rings. The first kappa shape index (κ1) is 31.7. The summed E-state index contributed by atoms with van der Waals surface area (Å²) in [7, 11) is -4.16. The summed E-state index contributed by atoms with van der Waals surface area (Å²) in [5.74, 6) is 3.22. The molecule has 2 rings (SSSR count). The van der Waals surface area contributed by atoms with E-state index in [1.165, 1.54) is 24.8 Å². The highest BCUT2D eigenvalue weighted by Crippen LogP contribution is 2.44. The predicted molar refractivity (Wildman–Crippen MR) is 155 cm³/mol. The average Bonchev–Trinajstić information content (AvgIpc) is 2.79. The van der Waals surface area contributed by atoms with Crippen LogP contribution in [0.5, 0.6) is 11.5 Å². The first-order valence-corrected chi connectivity index (χ1v) is 15.7. The third kappa shape index (κ3) is 8.23. The van der Waals surface area contributed by atoms with Gasteiger partial charge in [0, 0.05) is 12.0 Å². The molecule has 3 atom stereocenters. The van der Waals surface area contributed by atoms with Crippen molar-refractivity contribution in [3.63, 3.8) is 0 Å². The van der Waals surface area contributed by atoms with Crippen LogP contribution in [0.4, 0.5) is 0 Å². The maximum Gasteiger partial charge on any atom is 0.270 e. The molecule has 0 aromatic heterocycles. The number of hydrogen-bond acceptors (Lipinski definition) is 4. The SMILES string of the molecule is CCCC(C)(CCOc1c(C)c(C)c2c(c1C)CCC(C)(/C=C/CC(C)CCCC(C)C)O2)S(=O)(=O)O. The number of allylic oxidation sites excluding steroid dienone is 1. The Morgan fingerprint density at radius 3 is 2.38 bits per heavy atom. The van der Waals surface area contributed by atoms with Gasteiger partial charge in [0.05, 0.1) is 11.4 Å².